The van der Waals surface area contributed by atoms with Crippen LogP contribution in [-0.4, -0.2) is 33.7 Å². The largest absolute Gasteiger partial charge is 0.365 e. The summed E-state index contributed by atoms with van der Waals surface area (Å²) in [6, 6.07) is 0. The van der Waals surface area contributed by atoms with Crippen LogP contribution in [0.2, 0.25) is 0 Å². The Morgan fingerprint density at radius 1 is 1.53 bits per heavy atom. The molecule has 2 atom stereocenters. The molecule has 2 fully saturated rings. The molecule has 1 saturated heterocycles. The van der Waals surface area contributed by atoms with E-state index < -0.39 is 0 Å². The molecule has 1 saturated carbocycles. The lowest BCUT2D eigenvalue weighted by Gasteiger charge is -2.31. The molecule has 1 aromatic heterocycles. The number of aromatic amines is 1. The fourth-order valence-electron chi connectivity index (χ4n) is 2.90. The highest BCUT2D eigenvalue weighted by molar-refractivity contribution is 5.79. The topological polar surface area (TPSA) is 79.9 Å². The van der Waals surface area contributed by atoms with Crippen LogP contribution in [0.25, 0.3) is 0 Å². The molecular formula is C13H20N4O2. The number of hydrogen-bond donors (Lipinski definition) is 2. The molecule has 6 heteroatoms. The minimum Gasteiger partial charge on any atom is -0.365 e. The quantitative estimate of drug-likeness (QED) is 0.856. The number of H-pyrrole nitrogens is 1. The summed E-state index contributed by atoms with van der Waals surface area (Å²) >= 11 is 0. The van der Waals surface area contributed by atoms with Gasteiger partial charge in [-0.1, -0.05) is 6.92 Å². The minimum absolute atomic E-state index is 0.00636. The highest BCUT2D eigenvalue weighted by Gasteiger charge is 2.33. The number of nitrogens with one attached hydrogen (secondary N) is 2. The van der Waals surface area contributed by atoms with E-state index in [1.54, 1.807) is 0 Å². The Morgan fingerprint density at radius 3 is 3.05 bits per heavy atom. The van der Waals surface area contributed by atoms with E-state index in [9.17, 15) is 4.79 Å². The average molecular weight is 264 g/mol. The Labute approximate surface area is 112 Å². The Balaban J connectivity index is 1.41. The van der Waals surface area contributed by atoms with Crippen molar-refractivity contribution < 1.29 is 9.53 Å². The smallest absolute Gasteiger partial charge is 0.223 e. The van der Waals surface area contributed by atoms with E-state index in [1.807, 2.05) is 0 Å². The lowest BCUT2D eigenvalue weighted by molar-refractivity contribution is -0.129. The summed E-state index contributed by atoms with van der Waals surface area (Å²) in [6.45, 7) is 2.79. The highest BCUT2D eigenvalue weighted by Crippen LogP contribution is 2.33. The maximum atomic E-state index is 11.8. The summed E-state index contributed by atoms with van der Waals surface area (Å²) in [5, 5.41) is 9.66. The molecule has 3 rings (SSSR count). The first-order valence-corrected chi connectivity index (χ1v) is 7.01. The highest BCUT2D eigenvalue weighted by atomic mass is 16.5. The van der Waals surface area contributed by atoms with Gasteiger partial charge in [0.2, 0.25) is 5.91 Å². The first kappa shape index (κ1) is 12.6. The molecule has 1 aliphatic heterocycles. The van der Waals surface area contributed by atoms with E-state index in [-0.39, 0.29) is 24.0 Å². The first-order chi connectivity index (χ1) is 9.22. The third-order valence-corrected chi connectivity index (χ3v) is 4.09. The fraction of sp³-hybridized carbons (Fsp3) is 0.769. The van der Waals surface area contributed by atoms with Crippen molar-refractivity contribution in [2.45, 2.75) is 44.8 Å². The van der Waals surface area contributed by atoms with Gasteiger partial charge in [-0.25, -0.2) is 4.98 Å². The molecule has 6 nitrogen and oxygen atoms in total. The van der Waals surface area contributed by atoms with Crippen molar-refractivity contribution in [1.29, 1.82) is 0 Å². The summed E-state index contributed by atoms with van der Waals surface area (Å²) in [7, 11) is 0. The molecule has 2 heterocycles. The van der Waals surface area contributed by atoms with Crippen LogP contribution in [0.1, 0.15) is 44.5 Å². The second-order valence-corrected chi connectivity index (χ2v) is 5.71. The summed E-state index contributed by atoms with van der Waals surface area (Å²) in [5.41, 5.74) is 0. The van der Waals surface area contributed by atoms with Crippen LogP contribution in [0.15, 0.2) is 6.33 Å². The van der Waals surface area contributed by atoms with Gasteiger partial charge in [0.1, 0.15) is 12.4 Å². The molecular weight excluding hydrogens is 244 g/mol. The molecule has 0 unspecified atom stereocenters. The minimum atomic E-state index is -0.00636. The summed E-state index contributed by atoms with van der Waals surface area (Å²) in [5.74, 6) is 1.89. The van der Waals surface area contributed by atoms with Gasteiger partial charge in [0.05, 0.1) is 6.10 Å². The van der Waals surface area contributed by atoms with E-state index in [1.165, 1.54) is 6.33 Å². The molecule has 1 aromatic rings. The van der Waals surface area contributed by atoms with Crippen LogP contribution in [0.4, 0.5) is 0 Å². The van der Waals surface area contributed by atoms with E-state index in [0.29, 0.717) is 12.5 Å². The van der Waals surface area contributed by atoms with Gasteiger partial charge in [-0.2, -0.15) is 5.10 Å². The Bertz CT molecular complexity index is 428. The molecule has 1 aliphatic carbocycles. The van der Waals surface area contributed by atoms with Gasteiger partial charge in [-0.3, -0.25) is 9.89 Å². The zero-order valence-corrected chi connectivity index (χ0v) is 11.1. The summed E-state index contributed by atoms with van der Waals surface area (Å²) in [6.07, 6.45) is 5.51. The van der Waals surface area contributed by atoms with E-state index in [2.05, 4.69) is 27.4 Å². The van der Waals surface area contributed by atoms with Gasteiger partial charge in [-0.15, -0.1) is 0 Å². The zero-order chi connectivity index (χ0) is 13.2. The van der Waals surface area contributed by atoms with Crippen LogP contribution < -0.4 is 5.32 Å². The Morgan fingerprint density at radius 2 is 2.37 bits per heavy atom. The number of aromatic nitrogens is 3. The number of rotatable bonds is 4. The predicted molar refractivity (Wildman–Crippen MR) is 68.1 cm³/mol. The molecule has 2 N–H and O–H groups in total. The average Bonchev–Trinajstić information content (AvgIpc) is 3.01. The molecule has 19 heavy (non-hydrogen) atoms. The fourth-order valence-corrected chi connectivity index (χ4v) is 2.90. The maximum Gasteiger partial charge on any atom is 0.223 e. The van der Waals surface area contributed by atoms with Gasteiger partial charge >= 0.3 is 0 Å². The Hall–Kier alpha value is -1.43. The molecule has 104 valence electrons. The van der Waals surface area contributed by atoms with Gasteiger partial charge in [0.25, 0.3) is 0 Å². The van der Waals surface area contributed by atoms with Crippen LogP contribution in [0, 0.1) is 11.8 Å². The van der Waals surface area contributed by atoms with Crippen molar-refractivity contribution in [3.05, 3.63) is 12.2 Å². The number of ether oxygens (including phenoxy) is 1. The number of carbonyl (C=O) groups is 1. The van der Waals surface area contributed by atoms with Crippen LogP contribution in [0.3, 0.4) is 0 Å². The van der Waals surface area contributed by atoms with E-state index in [4.69, 9.17) is 4.74 Å². The SMILES string of the molecule is CC1CC(C(=O)NC[C@H]2CC[C@@H](c3ncn[nH]3)O2)C1. The third kappa shape index (κ3) is 2.78. The van der Waals surface area contributed by atoms with Crippen molar-refractivity contribution in [2.75, 3.05) is 6.54 Å². The number of hydrogen-bond acceptors (Lipinski definition) is 4. The van der Waals surface area contributed by atoms with Gasteiger partial charge in [0, 0.05) is 12.5 Å². The van der Waals surface area contributed by atoms with Crippen LogP contribution >= 0.6 is 0 Å². The summed E-state index contributed by atoms with van der Waals surface area (Å²) < 4.78 is 5.86. The van der Waals surface area contributed by atoms with Gasteiger partial charge < -0.3 is 10.1 Å². The number of carbonyl (C=O) groups excluding carboxylic acids is 1. The Kier molecular flexibility index (Phi) is 3.50. The normalized spacial score (nSPS) is 33.9. The first-order valence-electron chi connectivity index (χ1n) is 7.01. The van der Waals surface area contributed by atoms with E-state index >= 15 is 0 Å². The number of nitrogens with zero attached hydrogens (tertiary/aromatic N) is 2. The summed E-state index contributed by atoms with van der Waals surface area (Å²) in [4.78, 5) is 16.0. The van der Waals surface area contributed by atoms with Crippen LogP contribution in [-0.2, 0) is 9.53 Å². The van der Waals surface area contributed by atoms with Crippen LogP contribution in [0.5, 0.6) is 0 Å². The lowest BCUT2D eigenvalue weighted by atomic mass is 9.76. The third-order valence-electron chi connectivity index (χ3n) is 4.09. The van der Waals surface area contributed by atoms with Crippen molar-refractivity contribution in [3.8, 4) is 0 Å². The zero-order valence-electron chi connectivity index (χ0n) is 11.1. The molecule has 0 bridgehead atoms. The van der Waals surface area contributed by atoms with Crippen molar-refractivity contribution in [2.24, 2.45) is 11.8 Å². The van der Waals surface area contributed by atoms with Gasteiger partial charge in [-0.05, 0) is 31.6 Å². The lowest BCUT2D eigenvalue weighted by Crippen LogP contribution is -2.41. The molecule has 2 aliphatic rings. The molecule has 0 spiro atoms. The molecule has 0 radical (unpaired) electrons. The van der Waals surface area contributed by atoms with Gasteiger partial charge in [0.15, 0.2) is 5.82 Å². The standard InChI is InChI=1S/C13H20N4O2/c1-8-4-9(5-8)13(18)14-6-10-2-3-11(19-10)12-15-7-16-17-12/h7-11H,2-6H2,1H3,(H,14,18)(H,15,16,17)/t8?,9?,10-,11+/m1/s1. The van der Waals surface area contributed by atoms with Crippen molar-refractivity contribution >= 4 is 5.91 Å². The second kappa shape index (κ2) is 5.28. The van der Waals surface area contributed by atoms with E-state index in [0.717, 1.165) is 31.5 Å². The van der Waals surface area contributed by atoms with Crippen molar-refractivity contribution in [3.63, 3.8) is 0 Å². The molecule has 0 aromatic carbocycles. The second-order valence-electron chi connectivity index (χ2n) is 5.71. The number of amides is 1. The molecule has 1 amide bonds. The van der Waals surface area contributed by atoms with Crippen molar-refractivity contribution in [1.82, 2.24) is 20.5 Å². The monoisotopic (exact) mass is 264 g/mol. The maximum absolute atomic E-state index is 11.8. The predicted octanol–water partition coefficient (Wildman–Crippen LogP) is 1.19.